The molecule has 12 heavy (non-hydrogen) atoms. The van der Waals surface area contributed by atoms with Crippen LogP contribution >= 0.6 is 23.7 Å². The Labute approximate surface area is 80.9 Å². The molecular formula is C7H10ClNO2S. The van der Waals surface area contributed by atoms with Gasteiger partial charge in [0, 0.05) is 4.88 Å². The molecule has 0 unspecified atom stereocenters. The van der Waals surface area contributed by atoms with Gasteiger partial charge in [-0.2, -0.15) is 0 Å². The Morgan fingerprint density at radius 1 is 1.58 bits per heavy atom. The number of aryl methyl sites for hydroxylation is 2. The molecule has 1 rings (SSSR count). The second-order valence-corrected chi connectivity index (χ2v) is 3.60. The first-order chi connectivity index (χ1) is 5.09. The zero-order chi connectivity index (χ0) is 8.43. The van der Waals surface area contributed by atoms with Gasteiger partial charge in [-0.3, -0.25) is 4.79 Å². The predicted octanol–water partition coefficient (Wildman–Crippen LogP) is 1.81. The fourth-order valence-corrected chi connectivity index (χ4v) is 1.80. The number of carboxylic acid groups (broad SMARTS) is 1. The lowest BCUT2D eigenvalue weighted by Crippen LogP contribution is -1.99. The predicted molar refractivity (Wildman–Crippen MR) is 50.2 cm³/mol. The number of carboxylic acids is 1. The molecule has 0 aliphatic heterocycles. The molecule has 5 heteroatoms. The average Bonchev–Trinajstić information content (AvgIpc) is 2.09. The largest absolute Gasteiger partial charge is 0.481 e. The lowest BCUT2D eigenvalue weighted by atomic mass is 10.3. The summed E-state index contributed by atoms with van der Waals surface area (Å²) in [7, 11) is 0. The Morgan fingerprint density at radius 2 is 2.17 bits per heavy atom. The standard InChI is InChI=1S/C7H9NO2S.ClH/c1-4-6(3-7(9)10)11-5(2)8-4;/h3H2,1-2H3,(H,9,10);1H. The van der Waals surface area contributed by atoms with Crippen molar-refractivity contribution in [3.63, 3.8) is 0 Å². The number of nitrogens with zero attached hydrogens (tertiary/aromatic N) is 1. The molecule has 1 heterocycles. The lowest BCUT2D eigenvalue weighted by Gasteiger charge is -1.89. The van der Waals surface area contributed by atoms with Crippen LogP contribution in [0.3, 0.4) is 0 Å². The Morgan fingerprint density at radius 3 is 2.50 bits per heavy atom. The molecule has 0 aliphatic carbocycles. The Hall–Kier alpha value is -0.610. The van der Waals surface area contributed by atoms with Crippen LogP contribution in [0.15, 0.2) is 0 Å². The van der Waals surface area contributed by atoms with Gasteiger partial charge < -0.3 is 5.11 Å². The third-order valence-corrected chi connectivity index (χ3v) is 2.38. The fraction of sp³-hybridized carbons (Fsp3) is 0.429. The average molecular weight is 208 g/mol. The summed E-state index contributed by atoms with van der Waals surface area (Å²) in [6, 6.07) is 0. The first-order valence-corrected chi connectivity index (χ1v) is 4.06. The van der Waals surface area contributed by atoms with Crippen molar-refractivity contribution in [1.82, 2.24) is 4.98 Å². The molecule has 0 fully saturated rings. The second-order valence-electron chi connectivity index (χ2n) is 2.31. The molecule has 1 aromatic heterocycles. The molecule has 0 aromatic carbocycles. The number of carbonyl (C=O) groups is 1. The molecule has 0 spiro atoms. The van der Waals surface area contributed by atoms with Crippen LogP contribution in [0.2, 0.25) is 0 Å². The molecular weight excluding hydrogens is 198 g/mol. The SMILES string of the molecule is Cc1nc(C)c(CC(=O)O)s1.Cl. The van der Waals surface area contributed by atoms with Gasteiger partial charge in [0.1, 0.15) is 0 Å². The minimum Gasteiger partial charge on any atom is -0.481 e. The molecule has 1 aromatic rings. The molecule has 0 saturated heterocycles. The summed E-state index contributed by atoms with van der Waals surface area (Å²) in [5.74, 6) is -0.795. The molecule has 0 radical (unpaired) electrons. The molecule has 0 amide bonds. The van der Waals surface area contributed by atoms with Gasteiger partial charge in [0.15, 0.2) is 0 Å². The topological polar surface area (TPSA) is 50.2 Å². The zero-order valence-corrected chi connectivity index (χ0v) is 8.46. The molecule has 0 saturated carbocycles. The van der Waals surface area contributed by atoms with Crippen molar-refractivity contribution in [2.24, 2.45) is 0 Å². The molecule has 0 bridgehead atoms. The lowest BCUT2D eigenvalue weighted by molar-refractivity contribution is -0.136. The Bertz CT molecular complexity index is 285. The van der Waals surface area contributed by atoms with Crippen molar-refractivity contribution < 1.29 is 9.90 Å². The number of hydrogen-bond acceptors (Lipinski definition) is 3. The van der Waals surface area contributed by atoms with Crippen LogP contribution in [0.4, 0.5) is 0 Å². The summed E-state index contributed by atoms with van der Waals surface area (Å²) in [6.07, 6.45) is 0.0946. The van der Waals surface area contributed by atoms with Crippen LogP contribution in [0.1, 0.15) is 15.6 Å². The van der Waals surface area contributed by atoms with Crippen molar-refractivity contribution in [1.29, 1.82) is 0 Å². The van der Waals surface area contributed by atoms with E-state index in [0.717, 1.165) is 15.6 Å². The third kappa shape index (κ3) is 2.79. The Balaban J connectivity index is 0.00000121. The van der Waals surface area contributed by atoms with Crippen molar-refractivity contribution in [2.45, 2.75) is 20.3 Å². The normalized spacial score (nSPS) is 9.17. The minimum atomic E-state index is -0.795. The minimum absolute atomic E-state index is 0. The van der Waals surface area contributed by atoms with E-state index >= 15 is 0 Å². The van der Waals surface area contributed by atoms with Crippen LogP contribution in [0, 0.1) is 13.8 Å². The number of aliphatic carboxylic acids is 1. The highest BCUT2D eigenvalue weighted by molar-refractivity contribution is 7.11. The van der Waals surface area contributed by atoms with Gasteiger partial charge in [-0.15, -0.1) is 23.7 Å². The van der Waals surface area contributed by atoms with Gasteiger partial charge in [0.05, 0.1) is 17.1 Å². The van der Waals surface area contributed by atoms with Crippen molar-refractivity contribution in [3.05, 3.63) is 15.6 Å². The van der Waals surface area contributed by atoms with Crippen LogP contribution in [-0.2, 0) is 11.2 Å². The van der Waals surface area contributed by atoms with E-state index in [1.165, 1.54) is 11.3 Å². The molecule has 3 nitrogen and oxygen atoms in total. The molecule has 68 valence electrons. The van der Waals surface area contributed by atoms with Crippen LogP contribution in [0.25, 0.3) is 0 Å². The number of aromatic nitrogens is 1. The molecule has 0 aliphatic rings. The summed E-state index contributed by atoms with van der Waals surface area (Å²) in [6.45, 7) is 3.71. The van der Waals surface area contributed by atoms with Crippen LogP contribution in [-0.4, -0.2) is 16.1 Å². The van der Waals surface area contributed by atoms with Crippen molar-refractivity contribution in [2.75, 3.05) is 0 Å². The molecule has 1 N–H and O–H groups in total. The van der Waals surface area contributed by atoms with Gasteiger partial charge >= 0.3 is 5.97 Å². The summed E-state index contributed by atoms with van der Waals surface area (Å²) in [5, 5.41) is 9.41. The summed E-state index contributed by atoms with van der Waals surface area (Å²) in [5.41, 5.74) is 0.843. The van der Waals surface area contributed by atoms with Crippen molar-refractivity contribution >= 4 is 29.7 Å². The third-order valence-electron chi connectivity index (χ3n) is 1.31. The van der Waals surface area contributed by atoms with Gasteiger partial charge in [0.25, 0.3) is 0 Å². The van der Waals surface area contributed by atoms with E-state index in [4.69, 9.17) is 5.11 Å². The first-order valence-electron chi connectivity index (χ1n) is 3.24. The fourth-order valence-electron chi connectivity index (χ4n) is 0.875. The number of rotatable bonds is 2. The highest BCUT2D eigenvalue weighted by Gasteiger charge is 2.07. The van der Waals surface area contributed by atoms with E-state index in [-0.39, 0.29) is 18.8 Å². The maximum atomic E-state index is 10.3. The van der Waals surface area contributed by atoms with E-state index in [1.807, 2.05) is 13.8 Å². The first kappa shape index (κ1) is 11.4. The van der Waals surface area contributed by atoms with Crippen LogP contribution < -0.4 is 0 Å². The highest BCUT2D eigenvalue weighted by Crippen LogP contribution is 2.17. The Kier molecular flexibility index (Phi) is 4.20. The second kappa shape index (κ2) is 4.42. The summed E-state index contributed by atoms with van der Waals surface area (Å²) in [4.78, 5) is 15.3. The quantitative estimate of drug-likeness (QED) is 0.805. The maximum absolute atomic E-state index is 10.3. The van der Waals surface area contributed by atoms with E-state index in [2.05, 4.69) is 4.98 Å². The van der Waals surface area contributed by atoms with Gasteiger partial charge in [-0.1, -0.05) is 0 Å². The monoisotopic (exact) mass is 207 g/mol. The molecule has 0 atom stereocenters. The van der Waals surface area contributed by atoms with Crippen LogP contribution in [0.5, 0.6) is 0 Å². The maximum Gasteiger partial charge on any atom is 0.308 e. The highest BCUT2D eigenvalue weighted by atomic mass is 35.5. The summed E-state index contributed by atoms with van der Waals surface area (Å²) < 4.78 is 0. The van der Waals surface area contributed by atoms with E-state index in [0.29, 0.717) is 0 Å². The van der Waals surface area contributed by atoms with Gasteiger partial charge in [0.2, 0.25) is 0 Å². The van der Waals surface area contributed by atoms with Gasteiger partial charge in [-0.05, 0) is 13.8 Å². The smallest absolute Gasteiger partial charge is 0.308 e. The summed E-state index contributed by atoms with van der Waals surface area (Å²) >= 11 is 1.45. The van der Waals surface area contributed by atoms with Gasteiger partial charge in [-0.25, -0.2) is 4.98 Å². The number of hydrogen-bond donors (Lipinski definition) is 1. The number of halogens is 1. The van der Waals surface area contributed by atoms with E-state index in [1.54, 1.807) is 0 Å². The zero-order valence-electron chi connectivity index (χ0n) is 6.83. The number of thiazole rings is 1. The van der Waals surface area contributed by atoms with E-state index in [9.17, 15) is 4.79 Å². The van der Waals surface area contributed by atoms with Crippen molar-refractivity contribution in [3.8, 4) is 0 Å². The van der Waals surface area contributed by atoms with E-state index < -0.39 is 5.97 Å².